The van der Waals surface area contributed by atoms with Gasteiger partial charge < -0.3 is 24.0 Å². The number of anilines is 1. The third-order valence-electron chi connectivity index (χ3n) is 7.31. The van der Waals surface area contributed by atoms with Crippen LogP contribution in [0.2, 0.25) is 0 Å². The van der Waals surface area contributed by atoms with Gasteiger partial charge in [-0.3, -0.25) is 19.3 Å². The van der Waals surface area contributed by atoms with Crippen molar-refractivity contribution < 1.29 is 28.6 Å². The van der Waals surface area contributed by atoms with Crippen LogP contribution in [-0.4, -0.2) is 75.0 Å². The molecule has 0 spiro atoms. The van der Waals surface area contributed by atoms with E-state index in [1.807, 2.05) is 24.8 Å². The monoisotopic (exact) mass is 535 g/mol. The number of likely N-dealkylation sites (N-methyl/N-ethyl adjacent to an activating group) is 1. The van der Waals surface area contributed by atoms with E-state index in [0.29, 0.717) is 65.8 Å². The van der Waals surface area contributed by atoms with Crippen LogP contribution in [0.4, 0.5) is 5.69 Å². The van der Waals surface area contributed by atoms with Gasteiger partial charge in [0.1, 0.15) is 0 Å². The Morgan fingerprint density at radius 2 is 1.77 bits per heavy atom. The molecule has 2 aromatic rings. The number of nitrogens with zero attached hydrogens (tertiary/aromatic N) is 3. The van der Waals surface area contributed by atoms with E-state index in [9.17, 15) is 14.4 Å². The van der Waals surface area contributed by atoms with Crippen LogP contribution in [0.5, 0.6) is 17.2 Å². The van der Waals surface area contributed by atoms with Gasteiger partial charge in [-0.25, -0.2) is 0 Å². The summed E-state index contributed by atoms with van der Waals surface area (Å²) in [4.78, 5) is 45.6. The van der Waals surface area contributed by atoms with Crippen LogP contribution in [0.25, 0.3) is 0 Å². The summed E-state index contributed by atoms with van der Waals surface area (Å²) < 4.78 is 16.3. The lowest BCUT2D eigenvalue weighted by molar-refractivity contribution is -0.135. The predicted octanol–water partition coefficient (Wildman–Crippen LogP) is 4.15. The maximum atomic E-state index is 13.7. The molecule has 1 fully saturated rings. The quantitative estimate of drug-likeness (QED) is 0.334. The normalized spacial score (nSPS) is 16.7. The number of carbonyl (C=O) groups excluding carboxylic acids is 3. The largest absolute Gasteiger partial charge is 0.493 e. The van der Waals surface area contributed by atoms with E-state index in [2.05, 4.69) is 11.5 Å². The van der Waals surface area contributed by atoms with Crippen molar-refractivity contribution in [3.63, 3.8) is 0 Å². The molecule has 4 rings (SSSR count). The number of piperidine rings is 1. The van der Waals surface area contributed by atoms with Gasteiger partial charge in [0.05, 0.1) is 50.6 Å². The molecule has 1 atom stereocenters. The summed E-state index contributed by atoms with van der Waals surface area (Å²) in [5.41, 5.74) is 3.06. The first-order chi connectivity index (χ1) is 18.7. The van der Waals surface area contributed by atoms with Gasteiger partial charge in [-0.2, -0.15) is 0 Å². The third-order valence-corrected chi connectivity index (χ3v) is 7.31. The van der Waals surface area contributed by atoms with Gasteiger partial charge in [0, 0.05) is 26.2 Å². The smallest absolute Gasteiger partial charge is 0.263 e. The number of benzene rings is 2. The number of methoxy groups -OCH3 is 3. The molecular formula is C30H37N3O6. The summed E-state index contributed by atoms with van der Waals surface area (Å²) in [6.45, 7) is 10.3. The van der Waals surface area contributed by atoms with E-state index >= 15 is 0 Å². The molecule has 0 bridgehead atoms. The molecule has 0 unspecified atom stereocenters. The number of ether oxygens (including phenoxy) is 3. The van der Waals surface area contributed by atoms with Crippen molar-refractivity contribution in [1.82, 2.24) is 9.80 Å². The van der Waals surface area contributed by atoms with E-state index in [1.165, 1.54) is 26.2 Å². The number of carbonyl (C=O) groups is 3. The van der Waals surface area contributed by atoms with Crippen LogP contribution in [-0.2, 0) is 11.3 Å². The molecular weight excluding hydrogens is 498 g/mol. The number of hydrogen-bond acceptors (Lipinski definition) is 7. The average Bonchev–Trinajstić information content (AvgIpc) is 3.19. The first-order valence-corrected chi connectivity index (χ1v) is 13.2. The Kier molecular flexibility index (Phi) is 8.47. The van der Waals surface area contributed by atoms with E-state index < -0.39 is 0 Å². The highest BCUT2D eigenvalue weighted by molar-refractivity contribution is 6.23. The summed E-state index contributed by atoms with van der Waals surface area (Å²) in [5.74, 6) is 0.536. The molecule has 39 heavy (non-hydrogen) atoms. The predicted molar refractivity (Wildman–Crippen MR) is 149 cm³/mol. The number of hydrogen-bond donors (Lipinski definition) is 0. The standard InChI is InChI=1S/C30H37N3O6/c1-7-31(16-19(2)3)28(34)21-10-9-13-32(18-21)23-12-8-11-22-26(23)30(36)33(29(22)35)17-20-14-24(37-4)27(39-6)25(15-20)38-5/h8,11-12,14-15,21H,2,7,9-10,13,16-18H2,1,3-6H3/t21-/m0/s1. The molecule has 3 amide bonds. The van der Waals surface area contributed by atoms with Crippen molar-refractivity contribution in [3.05, 3.63) is 59.2 Å². The molecule has 2 aliphatic heterocycles. The highest BCUT2D eigenvalue weighted by atomic mass is 16.5. The van der Waals surface area contributed by atoms with Gasteiger partial charge in [-0.15, -0.1) is 0 Å². The molecule has 0 radical (unpaired) electrons. The zero-order valence-electron chi connectivity index (χ0n) is 23.4. The van der Waals surface area contributed by atoms with E-state index in [1.54, 1.807) is 24.3 Å². The Bertz CT molecular complexity index is 1260. The summed E-state index contributed by atoms with van der Waals surface area (Å²) in [6.07, 6.45) is 1.61. The SMILES string of the molecule is C=C(C)CN(CC)C(=O)[C@H]1CCCN(c2cccc3c2C(=O)N(Cc2cc(OC)c(OC)c(OC)c2)C3=O)C1. The van der Waals surface area contributed by atoms with Crippen molar-refractivity contribution in [1.29, 1.82) is 0 Å². The lowest BCUT2D eigenvalue weighted by Crippen LogP contribution is -2.45. The second kappa shape index (κ2) is 11.8. The second-order valence-corrected chi connectivity index (χ2v) is 10.0. The Hall–Kier alpha value is -4.01. The maximum Gasteiger partial charge on any atom is 0.263 e. The maximum absolute atomic E-state index is 13.7. The van der Waals surface area contributed by atoms with Crippen LogP contribution in [0.1, 0.15) is 53.0 Å². The lowest BCUT2D eigenvalue weighted by atomic mass is 9.94. The molecule has 208 valence electrons. The first kappa shape index (κ1) is 28.0. The van der Waals surface area contributed by atoms with Gasteiger partial charge in [-0.1, -0.05) is 18.2 Å². The Morgan fingerprint density at radius 3 is 2.36 bits per heavy atom. The fraction of sp³-hybridized carbons (Fsp3) is 0.433. The van der Waals surface area contributed by atoms with Gasteiger partial charge >= 0.3 is 0 Å². The molecule has 2 aromatic carbocycles. The molecule has 1 saturated heterocycles. The number of rotatable bonds is 10. The van der Waals surface area contributed by atoms with Crippen molar-refractivity contribution in [3.8, 4) is 17.2 Å². The fourth-order valence-corrected chi connectivity index (χ4v) is 5.46. The van der Waals surface area contributed by atoms with Crippen molar-refractivity contribution in [2.45, 2.75) is 33.2 Å². The van der Waals surface area contributed by atoms with E-state index in [0.717, 1.165) is 18.4 Å². The fourth-order valence-electron chi connectivity index (χ4n) is 5.46. The molecule has 2 heterocycles. The summed E-state index contributed by atoms with van der Waals surface area (Å²) >= 11 is 0. The van der Waals surface area contributed by atoms with Crippen LogP contribution in [0.3, 0.4) is 0 Å². The minimum Gasteiger partial charge on any atom is -0.493 e. The van der Waals surface area contributed by atoms with Crippen molar-refractivity contribution >= 4 is 23.4 Å². The summed E-state index contributed by atoms with van der Waals surface area (Å²) in [7, 11) is 4.55. The summed E-state index contributed by atoms with van der Waals surface area (Å²) in [6, 6.07) is 8.82. The van der Waals surface area contributed by atoms with Gasteiger partial charge in [0.25, 0.3) is 11.8 Å². The van der Waals surface area contributed by atoms with E-state index in [-0.39, 0.29) is 30.2 Å². The molecule has 0 aromatic heterocycles. The number of amides is 3. The average molecular weight is 536 g/mol. The molecule has 9 heteroatoms. The summed E-state index contributed by atoms with van der Waals surface area (Å²) in [5, 5.41) is 0. The molecule has 9 nitrogen and oxygen atoms in total. The first-order valence-electron chi connectivity index (χ1n) is 13.2. The van der Waals surface area contributed by atoms with Gasteiger partial charge in [0.15, 0.2) is 11.5 Å². The van der Waals surface area contributed by atoms with Gasteiger partial charge in [0.2, 0.25) is 11.7 Å². The van der Waals surface area contributed by atoms with Crippen LogP contribution < -0.4 is 19.1 Å². The van der Waals surface area contributed by atoms with Crippen LogP contribution in [0, 0.1) is 5.92 Å². The number of imide groups is 1. The number of fused-ring (bicyclic) bond motifs is 1. The zero-order chi connectivity index (χ0) is 28.3. The minimum absolute atomic E-state index is 0.0516. The van der Waals surface area contributed by atoms with Crippen molar-refractivity contribution in [2.24, 2.45) is 5.92 Å². The second-order valence-electron chi connectivity index (χ2n) is 10.0. The Balaban J connectivity index is 1.60. The van der Waals surface area contributed by atoms with Crippen molar-refractivity contribution in [2.75, 3.05) is 52.4 Å². The highest BCUT2D eigenvalue weighted by Crippen LogP contribution is 2.40. The highest BCUT2D eigenvalue weighted by Gasteiger charge is 2.40. The van der Waals surface area contributed by atoms with Gasteiger partial charge in [-0.05, 0) is 56.5 Å². The lowest BCUT2D eigenvalue weighted by Gasteiger charge is -2.36. The topological polar surface area (TPSA) is 88.6 Å². The molecule has 2 aliphatic rings. The Labute approximate surface area is 229 Å². The molecule has 0 aliphatic carbocycles. The molecule has 0 N–H and O–H groups in total. The molecule has 0 saturated carbocycles. The Morgan fingerprint density at radius 1 is 1.08 bits per heavy atom. The van der Waals surface area contributed by atoms with Crippen LogP contribution >= 0.6 is 0 Å². The van der Waals surface area contributed by atoms with E-state index in [4.69, 9.17) is 14.2 Å². The van der Waals surface area contributed by atoms with Crippen LogP contribution in [0.15, 0.2) is 42.5 Å². The third kappa shape index (κ3) is 5.44. The zero-order valence-corrected chi connectivity index (χ0v) is 23.4. The minimum atomic E-state index is -0.356.